The van der Waals surface area contributed by atoms with Crippen LogP contribution in [0, 0.1) is 17.8 Å². The summed E-state index contributed by atoms with van der Waals surface area (Å²) in [5.41, 5.74) is 6.02. The van der Waals surface area contributed by atoms with Crippen molar-refractivity contribution in [1.29, 1.82) is 0 Å². The van der Waals surface area contributed by atoms with Crippen LogP contribution in [-0.4, -0.2) is 50.4 Å². The average Bonchev–Trinajstić information content (AvgIpc) is 3.73. The topological polar surface area (TPSA) is 89.7 Å². The Morgan fingerprint density at radius 3 is 2.10 bits per heavy atom. The standard InChI is InChI=1S/C32H36N6O/c1-5-29-34-19-26(36-29)24-14-10-22(11-15-24)8-9-23-12-16-25(17-13-23)27-20-35-31(37-27)28-7-6-18-38(28)32(39)30(33-4)21(2)3/h10-17,19-21,28,30,33H,5-7,18H2,1-4H3,(H,34,36)(H,35,37). The number of imidazole rings is 2. The van der Waals surface area contributed by atoms with Crippen LogP contribution in [0.3, 0.4) is 0 Å². The van der Waals surface area contributed by atoms with E-state index in [1.165, 1.54) is 0 Å². The number of H-pyrrole nitrogens is 2. The molecule has 5 rings (SSSR count). The zero-order valence-electron chi connectivity index (χ0n) is 23.1. The molecule has 1 fully saturated rings. The number of benzene rings is 2. The number of carbonyl (C=O) groups is 1. The highest BCUT2D eigenvalue weighted by atomic mass is 16.2. The summed E-state index contributed by atoms with van der Waals surface area (Å²) in [5.74, 6) is 8.73. The largest absolute Gasteiger partial charge is 0.342 e. The minimum Gasteiger partial charge on any atom is -0.342 e. The Morgan fingerprint density at radius 2 is 1.56 bits per heavy atom. The molecular weight excluding hydrogens is 484 g/mol. The van der Waals surface area contributed by atoms with Crippen LogP contribution in [0.15, 0.2) is 60.9 Å². The van der Waals surface area contributed by atoms with Crippen molar-refractivity contribution in [3.05, 3.63) is 83.7 Å². The fraction of sp³-hybridized carbons (Fsp3) is 0.344. The van der Waals surface area contributed by atoms with Crippen LogP contribution in [0.4, 0.5) is 0 Å². The molecule has 0 aliphatic carbocycles. The summed E-state index contributed by atoms with van der Waals surface area (Å²) in [6.45, 7) is 7.00. The van der Waals surface area contributed by atoms with Crippen LogP contribution in [0.2, 0.25) is 0 Å². The van der Waals surface area contributed by atoms with E-state index in [1.54, 1.807) is 0 Å². The van der Waals surface area contributed by atoms with E-state index < -0.39 is 0 Å². The van der Waals surface area contributed by atoms with Gasteiger partial charge in [0.25, 0.3) is 0 Å². The van der Waals surface area contributed by atoms with Crippen molar-refractivity contribution >= 4 is 5.91 Å². The molecule has 0 radical (unpaired) electrons. The highest BCUT2D eigenvalue weighted by Gasteiger charge is 2.36. The van der Waals surface area contributed by atoms with Gasteiger partial charge in [-0.15, -0.1) is 0 Å². The van der Waals surface area contributed by atoms with Crippen LogP contribution >= 0.6 is 0 Å². The van der Waals surface area contributed by atoms with Gasteiger partial charge in [-0.1, -0.05) is 56.9 Å². The smallest absolute Gasteiger partial charge is 0.240 e. The molecule has 3 N–H and O–H groups in total. The van der Waals surface area contributed by atoms with Crippen LogP contribution < -0.4 is 5.32 Å². The molecule has 3 heterocycles. The number of nitrogens with one attached hydrogen (secondary N) is 3. The molecule has 2 atom stereocenters. The highest BCUT2D eigenvalue weighted by molar-refractivity contribution is 5.82. The molecule has 39 heavy (non-hydrogen) atoms. The maximum atomic E-state index is 13.2. The van der Waals surface area contributed by atoms with E-state index in [0.29, 0.717) is 0 Å². The monoisotopic (exact) mass is 520 g/mol. The minimum atomic E-state index is -0.183. The molecule has 1 amide bonds. The Bertz CT molecular complexity index is 1470. The summed E-state index contributed by atoms with van der Waals surface area (Å²) < 4.78 is 0. The van der Waals surface area contributed by atoms with Crippen molar-refractivity contribution in [3.8, 4) is 34.4 Å². The van der Waals surface area contributed by atoms with Gasteiger partial charge >= 0.3 is 0 Å². The Kier molecular flexibility index (Phi) is 7.94. The zero-order valence-corrected chi connectivity index (χ0v) is 23.1. The maximum Gasteiger partial charge on any atom is 0.240 e. The third-order valence-corrected chi connectivity index (χ3v) is 7.40. The first-order valence-electron chi connectivity index (χ1n) is 13.8. The molecule has 0 spiro atoms. The van der Waals surface area contributed by atoms with Crippen molar-refractivity contribution in [2.75, 3.05) is 13.6 Å². The lowest BCUT2D eigenvalue weighted by Crippen LogP contribution is -2.47. The molecule has 2 aromatic heterocycles. The summed E-state index contributed by atoms with van der Waals surface area (Å²) in [6, 6.07) is 16.2. The van der Waals surface area contributed by atoms with Crippen molar-refractivity contribution in [1.82, 2.24) is 30.2 Å². The summed E-state index contributed by atoms with van der Waals surface area (Å²) >= 11 is 0. The molecule has 1 aliphatic heterocycles. The number of rotatable bonds is 7. The number of hydrogen-bond acceptors (Lipinski definition) is 4. The highest BCUT2D eigenvalue weighted by Crippen LogP contribution is 2.32. The van der Waals surface area contributed by atoms with Gasteiger partial charge in [0.15, 0.2) is 0 Å². The van der Waals surface area contributed by atoms with Crippen LogP contribution in [0.5, 0.6) is 0 Å². The number of amides is 1. The zero-order chi connectivity index (χ0) is 27.4. The molecule has 200 valence electrons. The van der Waals surface area contributed by atoms with E-state index in [2.05, 4.69) is 82.1 Å². The van der Waals surface area contributed by atoms with E-state index in [9.17, 15) is 4.79 Å². The second-order valence-corrected chi connectivity index (χ2v) is 10.4. The Labute approximate surface area is 230 Å². The lowest BCUT2D eigenvalue weighted by Gasteiger charge is -2.29. The van der Waals surface area contributed by atoms with Gasteiger partial charge < -0.3 is 20.2 Å². The number of nitrogens with zero attached hydrogens (tertiary/aromatic N) is 3. The van der Waals surface area contributed by atoms with Gasteiger partial charge in [-0.3, -0.25) is 4.79 Å². The molecule has 1 aliphatic rings. The number of likely N-dealkylation sites (N-methyl/N-ethyl adjacent to an activating group) is 1. The molecular formula is C32H36N6O. The van der Waals surface area contributed by atoms with E-state index in [0.717, 1.165) is 71.1 Å². The second-order valence-electron chi connectivity index (χ2n) is 10.4. The first-order valence-corrected chi connectivity index (χ1v) is 13.8. The fourth-order valence-electron chi connectivity index (χ4n) is 5.19. The Balaban J connectivity index is 1.25. The molecule has 0 saturated carbocycles. The first-order chi connectivity index (χ1) is 19.0. The van der Waals surface area contributed by atoms with Gasteiger partial charge in [0.05, 0.1) is 35.9 Å². The lowest BCUT2D eigenvalue weighted by atomic mass is 10.0. The molecule has 2 unspecified atom stereocenters. The summed E-state index contributed by atoms with van der Waals surface area (Å²) in [6.07, 6.45) is 6.53. The number of aromatic nitrogens is 4. The van der Waals surface area contributed by atoms with Gasteiger partial charge in [0.1, 0.15) is 11.6 Å². The second kappa shape index (κ2) is 11.7. The van der Waals surface area contributed by atoms with Crippen molar-refractivity contribution in [2.24, 2.45) is 5.92 Å². The Morgan fingerprint density at radius 1 is 0.974 bits per heavy atom. The third kappa shape index (κ3) is 5.81. The van der Waals surface area contributed by atoms with Gasteiger partial charge in [-0.05, 0) is 61.2 Å². The van der Waals surface area contributed by atoms with Crippen LogP contribution in [0.1, 0.15) is 62.4 Å². The van der Waals surface area contributed by atoms with Gasteiger partial charge in [0, 0.05) is 24.1 Å². The number of hydrogen-bond donors (Lipinski definition) is 3. The van der Waals surface area contributed by atoms with Crippen molar-refractivity contribution in [3.63, 3.8) is 0 Å². The predicted octanol–water partition coefficient (Wildman–Crippen LogP) is 5.34. The molecule has 7 nitrogen and oxygen atoms in total. The maximum absolute atomic E-state index is 13.2. The van der Waals surface area contributed by atoms with E-state index in [4.69, 9.17) is 0 Å². The van der Waals surface area contributed by atoms with Crippen LogP contribution in [-0.2, 0) is 11.2 Å². The van der Waals surface area contributed by atoms with Gasteiger partial charge in [-0.25, -0.2) is 9.97 Å². The molecule has 7 heteroatoms. The third-order valence-electron chi connectivity index (χ3n) is 7.40. The quantitative estimate of drug-likeness (QED) is 0.287. The summed E-state index contributed by atoms with van der Waals surface area (Å²) in [4.78, 5) is 31.0. The van der Waals surface area contributed by atoms with E-state index in [1.807, 2.05) is 48.6 Å². The number of aromatic amines is 2. The normalized spacial score (nSPS) is 15.8. The van der Waals surface area contributed by atoms with Gasteiger partial charge in [0.2, 0.25) is 5.91 Å². The molecule has 1 saturated heterocycles. The number of carbonyl (C=O) groups excluding carboxylic acids is 1. The molecule has 4 aromatic rings. The fourth-order valence-corrected chi connectivity index (χ4v) is 5.19. The predicted molar refractivity (Wildman–Crippen MR) is 155 cm³/mol. The van der Waals surface area contributed by atoms with Crippen molar-refractivity contribution in [2.45, 2.75) is 52.1 Å². The van der Waals surface area contributed by atoms with Gasteiger partial charge in [-0.2, -0.15) is 0 Å². The lowest BCUT2D eigenvalue weighted by molar-refractivity contribution is -0.135. The SMILES string of the molecule is CCc1ncc(-c2ccc(C#Cc3ccc(-c4cnc(C5CCCN5C(=O)C(NC)C(C)C)[nH]4)cc3)cc2)[nH]1. The molecule has 0 bridgehead atoms. The number of likely N-dealkylation sites (tertiary alicyclic amines) is 1. The van der Waals surface area contributed by atoms with Crippen LogP contribution in [0.25, 0.3) is 22.5 Å². The Hall–Kier alpha value is -4.15. The first kappa shape index (κ1) is 26.5. The summed E-state index contributed by atoms with van der Waals surface area (Å²) in [7, 11) is 1.85. The number of aryl methyl sites for hydroxylation is 1. The van der Waals surface area contributed by atoms with E-state index >= 15 is 0 Å². The summed E-state index contributed by atoms with van der Waals surface area (Å²) in [5, 5.41) is 3.18. The minimum absolute atomic E-state index is 0.0145. The average molecular weight is 521 g/mol. The molecule has 2 aromatic carbocycles. The van der Waals surface area contributed by atoms with Crippen molar-refractivity contribution < 1.29 is 4.79 Å². The van der Waals surface area contributed by atoms with E-state index in [-0.39, 0.29) is 23.9 Å².